The second-order valence-corrected chi connectivity index (χ2v) is 3.82. The van der Waals surface area contributed by atoms with Gasteiger partial charge >= 0.3 is 0 Å². The second-order valence-electron chi connectivity index (χ2n) is 3.82. The molecule has 1 aliphatic heterocycles. The maximum atomic E-state index is 5.64. The molecular formula is C13H19NO3. The van der Waals surface area contributed by atoms with Gasteiger partial charge in [0.25, 0.3) is 0 Å². The van der Waals surface area contributed by atoms with Gasteiger partial charge in [0.2, 0.25) is 0 Å². The molecule has 0 amide bonds. The topological polar surface area (TPSA) is 39.7 Å². The van der Waals surface area contributed by atoms with Gasteiger partial charge in [0.05, 0.1) is 6.61 Å². The van der Waals surface area contributed by atoms with E-state index < -0.39 is 0 Å². The van der Waals surface area contributed by atoms with Crippen molar-refractivity contribution in [1.29, 1.82) is 0 Å². The van der Waals surface area contributed by atoms with E-state index in [1.54, 1.807) is 0 Å². The van der Waals surface area contributed by atoms with Crippen LogP contribution in [0, 0.1) is 0 Å². The summed E-state index contributed by atoms with van der Waals surface area (Å²) >= 11 is 0. The molecule has 4 heteroatoms. The summed E-state index contributed by atoms with van der Waals surface area (Å²) in [6.07, 6.45) is 0. The summed E-state index contributed by atoms with van der Waals surface area (Å²) in [4.78, 5) is 0. The summed E-state index contributed by atoms with van der Waals surface area (Å²) in [5, 5.41) is 3.33. The third-order valence-corrected chi connectivity index (χ3v) is 2.59. The van der Waals surface area contributed by atoms with Crippen molar-refractivity contribution in [2.24, 2.45) is 0 Å². The van der Waals surface area contributed by atoms with E-state index >= 15 is 0 Å². The van der Waals surface area contributed by atoms with Crippen LogP contribution in [0.4, 0.5) is 0 Å². The van der Waals surface area contributed by atoms with Gasteiger partial charge in [-0.25, -0.2) is 0 Å². The van der Waals surface area contributed by atoms with E-state index in [4.69, 9.17) is 14.2 Å². The molecule has 1 aliphatic rings. The Morgan fingerprint density at radius 2 is 2.18 bits per heavy atom. The van der Waals surface area contributed by atoms with E-state index in [-0.39, 0.29) is 0 Å². The second kappa shape index (κ2) is 6.47. The Hall–Kier alpha value is -1.26. The maximum Gasteiger partial charge on any atom is 0.165 e. The molecule has 1 aromatic rings. The first-order chi connectivity index (χ1) is 8.42. The van der Waals surface area contributed by atoms with Crippen LogP contribution >= 0.6 is 0 Å². The lowest BCUT2D eigenvalue weighted by atomic mass is 10.1. The number of nitrogens with one attached hydrogen (secondary N) is 1. The predicted molar refractivity (Wildman–Crippen MR) is 65.6 cm³/mol. The molecule has 0 spiro atoms. The van der Waals surface area contributed by atoms with Gasteiger partial charge in [0.1, 0.15) is 13.2 Å². The van der Waals surface area contributed by atoms with Crippen molar-refractivity contribution in [3.05, 3.63) is 23.8 Å². The first-order valence-electron chi connectivity index (χ1n) is 6.07. The molecule has 0 aliphatic carbocycles. The average molecular weight is 237 g/mol. The lowest BCUT2D eigenvalue weighted by Crippen LogP contribution is -2.21. The third-order valence-electron chi connectivity index (χ3n) is 2.59. The quantitative estimate of drug-likeness (QED) is 0.763. The van der Waals surface area contributed by atoms with Crippen LogP contribution in [0.2, 0.25) is 0 Å². The van der Waals surface area contributed by atoms with E-state index in [1.807, 2.05) is 19.1 Å². The lowest BCUT2D eigenvalue weighted by Gasteiger charge is -2.21. The summed E-state index contributed by atoms with van der Waals surface area (Å²) in [6.45, 7) is 6.39. The SMILES string of the molecule is CCOCCNCc1cccc2c1OCCO2. The molecule has 0 aromatic heterocycles. The molecule has 0 unspecified atom stereocenters. The highest BCUT2D eigenvalue weighted by molar-refractivity contribution is 5.47. The summed E-state index contributed by atoms with van der Waals surface area (Å²) in [6, 6.07) is 5.99. The lowest BCUT2D eigenvalue weighted by molar-refractivity contribution is 0.148. The van der Waals surface area contributed by atoms with Crippen molar-refractivity contribution in [2.75, 3.05) is 33.0 Å². The van der Waals surface area contributed by atoms with E-state index in [0.717, 1.165) is 43.4 Å². The first kappa shape index (κ1) is 12.2. The van der Waals surface area contributed by atoms with E-state index in [2.05, 4.69) is 11.4 Å². The van der Waals surface area contributed by atoms with Crippen molar-refractivity contribution in [1.82, 2.24) is 5.32 Å². The summed E-state index contributed by atoms with van der Waals surface area (Å²) in [5.74, 6) is 1.73. The van der Waals surface area contributed by atoms with Gasteiger partial charge < -0.3 is 19.5 Å². The Kier molecular flexibility index (Phi) is 4.64. The fourth-order valence-electron chi connectivity index (χ4n) is 1.79. The number of hydrogen-bond acceptors (Lipinski definition) is 4. The molecule has 17 heavy (non-hydrogen) atoms. The molecule has 0 fully saturated rings. The van der Waals surface area contributed by atoms with Crippen LogP contribution in [0.3, 0.4) is 0 Å². The van der Waals surface area contributed by atoms with E-state index in [9.17, 15) is 0 Å². The van der Waals surface area contributed by atoms with E-state index in [1.165, 1.54) is 0 Å². The monoisotopic (exact) mass is 237 g/mol. The molecule has 0 bridgehead atoms. The fraction of sp³-hybridized carbons (Fsp3) is 0.538. The number of ether oxygens (including phenoxy) is 3. The Labute approximate surface area is 102 Å². The standard InChI is InChI=1S/C13H19NO3/c1-2-15-7-6-14-10-11-4-3-5-12-13(11)17-9-8-16-12/h3-5,14H,2,6-10H2,1H3. The number of para-hydroxylation sites is 1. The van der Waals surface area contributed by atoms with Gasteiger partial charge in [0.15, 0.2) is 11.5 Å². The molecule has 2 rings (SSSR count). The minimum atomic E-state index is 0.628. The van der Waals surface area contributed by atoms with Crippen molar-refractivity contribution in [2.45, 2.75) is 13.5 Å². The normalized spacial score (nSPS) is 13.7. The van der Waals surface area contributed by atoms with Crippen molar-refractivity contribution >= 4 is 0 Å². The molecule has 0 saturated heterocycles. The molecule has 4 nitrogen and oxygen atoms in total. The third kappa shape index (κ3) is 3.35. The maximum absolute atomic E-state index is 5.64. The van der Waals surface area contributed by atoms with Crippen LogP contribution in [0.15, 0.2) is 18.2 Å². The number of fused-ring (bicyclic) bond motifs is 1. The van der Waals surface area contributed by atoms with Gasteiger partial charge in [-0.05, 0) is 13.0 Å². The Morgan fingerprint density at radius 1 is 1.29 bits per heavy atom. The van der Waals surface area contributed by atoms with Gasteiger partial charge in [-0.2, -0.15) is 0 Å². The first-order valence-corrected chi connectivity index (χ1v) is 6.07. The minimum absolute atomic E-state index is 0.628. The number of rotatable bonds is 6. The van der Waals surface area contributed by atoms with Gasteiger partial charge in [0, 0.05) is 25.3 Å². The molecule has 0 atom stereocenters. The van der Waals surface area contributed by atoms with Crippen molar-refractivity contribution in [3.63, 3.8) is 0 Å². The number of hydrogen-bond donors (Lipinski definition) is 1. The van der Waals surface area contributed by atoms with Crippen molar-refractivity contribution in [3.8, 4) is 11.5 Å². The zero-order valence-corrected chi connectivity index (χ0v) is 10.2. The highest BCUT2D eigenvalue weighted by Crippen LogP contribution is 2.33. The molecule has 1 aromatic carbocycles. The van der Waals surface area contributed by atoms with Gasteiger partial charge in [-0.3, -0.25) is 0 Å². The van der Waals surface area contributed by atoms with Crippen LogP contribution in [0.25, 0.3) is 0 Å². The molecule has 1 N–H and O–H groups in total. The Bertz CT molecular complexity index is 355. The van der Waals surface area contributed by atoms with Crippen LogP contribution in [0.5, 0.6) is 11.5 Å². The van der Waals surface area contributed by atoms with Gasteiger partial charge in [-0.15, -0.1) is 0 Å². The van der Waals surface area contributed by atoms with Crippen LogP contribution in [-0.4, -0.2) is 33.0 Å². The molecule has 94 valence electrons. The largest absolute Gasteiger partial charge is 0.486 e. The molecular weight excluding hydrogens is 218 g/mol. The zero-order valence-electron chi connectivity index (χ0n) is 10.2. The predicted octanol–water partition coefficient (Wildman–Crippen LogP) is 1.58. The highest BCUT2D eigenvalue weighted by Gasteiger charge is 2.14. The molecule has 1 heterocycles. The smallest absolute Gasteiger partial charge is 0.165 e. The summed E-state index contributed by atoms with van der Waals surface area (Å²) < 4.78 is 16.4. The highest BCUT2D eigenvalue weighted by atomic mass is 16.6. The van der Waals surface area contributed by atoms with Crippen LogP contribution < -0.4 is 14.8 Å². The number of benzene rings is 1. The molecule has 0 radical (unpaired) electrons. The fourth-order valence-corrected chi connectivity index (χ4v) is 1.79. The van der Waals surface area contributed by atoms with Crippen molar-refractivity contribution < 1.29 is 14.2 Å². The van der Waals surface area contributed by atoms with Crippen LogP contribution in [0.1, 0.15) is 12.5 Å². The summed E-state index contributed by atoms with van der Waals surface area (Å²) in [7, 11) is 0. The minimum Gasteiger partial charge on any atom is -0.486 e. The van der Waals surface area contributed by atoms with E-state index in [0.29, 0.717) is 13.2 Å². The Balaban J connectivity index is 1.87. The van der Waals surface area contributed by atoms with Crippen LogP contribution in [-0.2, 0) is 11.3 Å². The zero-order chi connectivity index (χ0) is 11.9. The average Bonchev–Trinajstić information content (AvgIpc) is 2.39. The molecule has 0 saturated carbocycles. The Morgan fingerprint density at radius 3 is 3.06 bits per heavy atom. The van der Waals surface area contributed by atoms with Gasteiger partial charge in [-0.1, -0.05) is 12.1 Å². The summed E-state index contributed by atoms with van der Waals surface area (Å²) in [5.41, 5.74) is 1.14.